The van der Waals surface area contributed by atoms with E-state index in [1.54, 1.807) is 0 Å². The Morgan fingerprint density at radius 1 is 1.00 bits per heavy atom. The SMILES string of the molecule is CCCCCCCCCCCC[n+]1cccc(C(C)=NO)c1.[Br-]. The summed E-state index contributed by atoms with van der Waals surface area (Å²) in [5.41, 5.74) is 1.65. The van der Waals surface area contributed by atoms with Gasteiger partial charge in [0.15, 0.2) is 12.4 Å². The molecular weight excluding hydrogens is 352 g/mol. The third-order valence-electron chi connectivity index (χ3n) is 4.20. The fraction of sp³-hybridized carbons (Fsp3) is 0.684. The van der Waals surface area contributed by atoms with E-state index in [0.29, 0.717) is 5.71 Å². The number of aryl methyl sites for hydroxylation is 1. The van der Waals surface area contributed by atoms with Crippen LogP contribution in [0.1, 0.15) is 83.6 Å². The molecule has 0 spiro atoms. The minimum absolute atomic E-state index is 0. The van der Waals surface area contributed by atoms with Crippen molar-refractivity contribution >= 4 is 5.71 Å². The van der Waals surface area contributed by atoms with Gasteiger partial charge in [0.25, 0.3) is 0 Å². The molecule has 0 unspecified atom stereocenters. The molecule has 0 saturated heterocycles. The molecule has 23 heavy (non-hydrogen) atoms. The van der Waals surface area contributed by atoms with Crippen LogP contribution in [0.25, 0.3) is 0 Å². The second-order valence-corrected chi connectivity index (χ2v) is 6.20. The van der Waals surface area contributed by atoms with E-state index < -0.39 is 0 Å². The molecule has 132 valence electrons. The third kappa shape index (κ3) is 10.5. The minimum Gasteiger partial charge on any atom is -1.00 e. The van der Waals surface area contributed by atoms with Gasteiger partial charge in [-0.2, -0.15) is 0 Å². The van der Waals surface area contributed by atoms with Crippen LogP contribution in [0.3, 0.4) is 0 Å². The fourth-order valence-electron chi connectivity index (χ4n) is 2.71. The summed E-state index contributed by atoms with van der Waals surface area (Å²) >= 11 is 0. The molecular formula is C19H33BrN2O. The predicted octanol–water partition coefficient (Wildman–Crippen LogP) is 2.10. The van der Waals surface area contributed by atoms with E-state index >= 15 is 0 Å². The van der Waals surface area contributed by atoms with Gasteiger partial charge in [0, 0.05) is 12.5 Å². The molecule has 0 bridgehead atoms. The molecule has 0 aliphatic heterocycles. The van der Waals surface area contributed by atoms with Crippen molar-refractivity contribution < 1.29 is 26.8 Å². The van der Waals surface area contributed by atoms with Gasteiger partial charge in [-0.05, 0) is 19.4 Å². The van der Waals surface area contributed by atoms with Gasteiger partial charge in [-0.25, -0.2) is 4.57 Å². The smallest absolute Gasteiger partial charge is 0.177 e. The highest BCUT2D eigenvalue weighted by molar-refractivity contribution is 5.97. The zero-order valence-corrected chi connectivity index (χ0v) is 16.4. The highest BCUT2D eigenvalue weighted by Gasteiger charge is 2.05. The van der Waals surface area contributed by atoms with Crippen LogP contribution >= 0.6 is 0 Å². The van der Waals surface area contributed by atoms with Gasteiger partial charge >= 0.3 is 0 Å². The largest absolute Gasteiger partial charge is 1.00 e. The van der Waals surface area contributed by atoms with Crippen molar-refractivity contribution in [2.24, 2.45) is 5.16 Å². The van der Waals surface area contributed by atoms with Crippen LogP contribution in [0.5, 0.6) is 0 Å². The van der Waals surface area contributed by atoms with E-state index in [1.165, 1.54) is 64.2 Å². The Kier molecular flexibility index (Phi) is 14.1. The fourth-order valence-corrected chi connectivity index (χ4v) is 2.71. The zero-order chi connectivity index (χ0) is 16.0. The van der Waals surface area contributed by atoms with Gasteiger partial charge in [0.2, 0.25) is 0 Å². The maximum atomic E-state index is 8.82. The predicted molar refractivity (Wildman–Crippen MR) is 92.5 cm³/mol. The molecule has 1 heterocycles. The summed E-state index contributed by atoms with van der Waals surface area (Å²) in [6.07, 6.45) is 17.8. The number of hydrogen-bond acceptors (Lipinski definition) is 2. The summed E-state index contributed by atoms with van der Waals surface area (Å²) in [5.74, 6) is 0. The van der Waals surface area contributed by atoms with Crippen LogP contribution in [-0.4, -0.2) is 10.9 Å². The van der Waals surface area contributed by atoms with E-state index in [4.69, 9.17) is 5.21 Å². The van der Waals surface area contributed by atoms with Gasteiger partial charge in [-0.15, -0.1) is 0 Å². The number of oxime groups is 1. The number of hydrogen-bond donors (Lipinski definition) is 1. The first kappa shape index (κ1) is 22.1. The number of nitrogens with zero attached hydrogens (tertiary/aromatic N) is 2. The zero-order valence-electron chi connectivity index (χ0n) is 14.8. The Hall–Kier alpha value is -0.900. The van der Waals surface area contributed by atoms with Crippen molar-refractivity contribution in [3.05, 3.63) is 30.1 Å². The summed E-state index contributed by atoms with van der Waals surface area (Å²) in [5, 5.41) is 12.1. The lowest BCUT2D eigenvalue weighted by Crippen LogP contribution is -3.00. The second kappa shape index (κ2) is 14.7. The molecule has 0 aromatic carbocycles. The lowest BCUT2D eigenvalue weighted by molar-refractivity contribution is -0.697. The standard InChI is InChI=1S/C19H32N2O.BrH/c1-3-4-5-6-7-8-9-10-11-12-15-21-16-13-14-19(17-21)18(2)20-22;/h13-14,16-17H,3-12,15H2,1-2H3;1H. The van der Waals surface area contributed by atoms with E-state index in [0.717, 1.165) is 12.1 Å². The molecule has 4 heteroatoms. The first-order valence-corrected chi connectivity index (χ1v) is 8.96. The van der Waals surface area contributed by atoms with Crippen LogP contribution in [0, 0.1) is 0 Å². The van der Waals surface area contributed by atoms with Crippen LogP contribution < -0.4 is 21.5 Å². The number of halogens is 1. The van der Waals surface area contributed by atoms with Crippen LogP contribution in [0.4, 0.5) is 0 Å². The molecule has 1 aromatic heterocycles. The molecule has 0 radical (unpaired) electrons. The van der Waals surface area contributed by atoms with E-state index in [-0.39, 0.29) is 17.0 Å². The minimum atomic E-state index is 0. The van der Waals surface area contributed by atoms with Crippen molar-refractivity contribution in [1.29, 1.82) is 0 Å². The Morgan fingerprint density at radius 3 is 2.13 bits per heavy atom. The van der Waals surface area contributed by atoms with Gasteiger partial charge in [0.1, 0.15) is 6.54 Å². The maximum Gasteiger partial charge on any atom is 0.177 e. The third-order valence-corrected chi connectivity index (χ3v) is 4.20. The molecule has 1 N–H and O–H groups in total. The van der Waals surface area contributed by atoms with E-state index in [1.807, 2.05) is 19.1 Å². The molecule has 0 fully saturated rings. The van der Waals surface area contributed by atoms with Gasteiger partial charge in [-0.1, -0.05) is 63.4 Å². The summed E-state index contributed by atoms with van der Waals surface area (Å²) in [4.78, 5) is 0. The summed E-state index contributed by atoms with van der Waals surface area (Å²) in [7, 11) is 0. The quantitative estimate of drug-likeness (QED) is 0.193. The normalized spacial score (nSPS) is 11.3. The maximum absolute atomic E-state index is 8.82. The second-order valence-electron chi connectivity index (χ2n) is 6.20. The van der Waals surface area contributed by atoms with Crippen molar-refractivity contribution in [3.63, 3.8) is 0 Å². The molecule has 0 aliphatic carbocycles. The van der Waals surface area contributed by atoms with Crippen molar-refractivity contribution in [2.45, 2.75) is 84.6 Å². The average Bonchev–Trinajstić information content (AvgIpc) is 2.56. The summed E-state index contributed by atoms with van der Waals surface area (Å²) < 4.78 is 2.19. The van der Waals surface area contributed by atoms with Crippen molar-refractivity contribution in [2.75, 3.05) is 0 Å². The monoisotopic (exact) mass is 384 g/mol. The van der Waals surface area contributed by atoms with Crippen molar-refractivity contribution in [3.8, 4) is 0 Å². The van der Waals surface area contributed by atoms with E-state index in [9.17, 15) is 0 Å². The molecule has 0 aliphatic rings. The Bertz CT molecular complexity index is 435. The lowest BCUT2D eigenvalue weighted by atomic mass is 10.1. The Labute approximate surface area is 152 Å². The molecule has 1 rings (SSSR count). The van der Waals surface area contributed by atoms with E-state index in [2.05, 4.69) is 29.0 Å². The van der Waals surface area contributed by atoms with Gasteiger partial charge in [0.05, 0.1) is 11.3 Å². The molecule has 0 amide bonds. The number of unbranched alkanes of at least 4 members (excludes halogenated alkanes) is 9. The highest BCUT2D eigenvalue weighted by Crippen LogP contribution is 2.10. The molecule has 0 saturated carbocycles. The summed E-state index contributed by atoms with van der Waals surface area (Å²) in [6.45, 7) is 5.13. The topological polar surface area (TPSA) is 36.5 Å². The van der Waals surface area contributed by atoms with Crippen LogP contribution in [-0.2, 0) is 6.54 Å². The molecule has 3 nitrogen and oxygen atoms in total. The number of pyridine rings is 1. The van der Waals surface area contributed by atoms with Gasteiger partial charge in [-0.3, -0.25) is 0 Å². The lowest BCUT2D eigenvalue weighted by Gasteiger charge is -2.02. The van der Waals surface area contributed by atoms with Crippen LogP contribution in [0.15, 0.2) is 29.7 Å². The van der Waals surface area contributed by atoms with Crippen LogP contribution in [0.2, 0.25) is 0 Å². The number of aromatic nitrogens is 1. The average molecular weight is 385 g/mol. The Morgan fingerprint density at radius 2 is 1.57 bits per heavy atom. The molecule has 1 aromatic rings. The van der Waals surface area contributed by atoms with Crippen molar-refractivity contribution in [1.82, 2.24) is 0 Å². The first-order valence-electron chi connectivity index (χ1n) is 8.96. The molecule has 0 atom stereocenters. The first-order chi connectivity index (χ1) is 10.8. The summed E-state index contributed by atoms with van der Waals surface area (Å²) in [6, 6.07) is 3.99. The number of rotatable bonds is 12. The van der Waals surface area contributed by atoms with Gasteiger partial charge < -0.3 is 22.2 Å². The Balaban J connectivity index is 0.00000484. The highest BCUT2D eigenvalue weighted by atomic mass is 79.9.